The van der Waals surface area contributed by atoms with Crippen molar-refractivity contribution < 1.29 is 23.8 Å². The highest BCUT2D eigenvalue weighted by atomic mass is 16.5. The quantitative estimate of drug-likeness (QED) is 0.562. The van der Waals surface area contributed by atoms with Gasteiger partial charge in [-0.25, -0.2) is 4.79 Å². The molecule has 3 heterocycles. The maximum atomic E-state index is 12.1. The van der Waals surface area contributed by atoms with Gasteiger partial charge in [0.2, 0.25) is 11.9 Å². The van der Waals surface area contributed by atoms with Gasteiger partial charge in [0.25, 0.3) is 5.95 Å². The maximum Gasteiger partial charge on any atom is 0.360 e. The smallest absolute Gasteiger partial charge is 0.360 e. The van der Waals surface area contributed by atoms with Crippen LogP contribution in [-0.4, -0.2) is 87.9 Å². The molecule has 0 bridgehead atoms. The Morgan fingerprint density at radius 1 is 1.07 bits per heavy atom. The number of nitrogens with one attached hydrogen (secondary N) is 1. The number of rotatable bonds is 8. The molecule has 13 heteroatoms. The van der Waals surface area contributed by atoms with Crippen LogP contribution in [-0.2, 0) is 19.0 Å². The lowest BCUT2D eigenvalue weighted by Crippen LogP contribution is -2.37. The van der Waals surface area contributed by atoms with Crippen LogP contribution in [0.2, 0.25) is 0 Å². The summed E-state index contributed by atoms with van der Waals surface area (Å²) in [5.41, 5.74) is 0.495. The number of nitrogens with zero attached hydrogens (tertiary/aromatic N) is 7. The molecule has 0 radical (unpaired) electrons. The van der Waals surface area contributed by atoms with E-state index in [4.69, 9.17) is 14.2 Å². The zero-order valence-electron chi connectivity index (χ0n) is 17.1. The van der Waals surface area contributed by atoms with E-state index >= 15 is 0 Å². The molecule has 1 aliphatic heterocycles. The first kappa shape index (κ1) is 21.4. The molecule has 1 fully saturated rings. The molecule has 2 aromatic rings. The number of carbonyl (C=O) groups is 2. The van der Waals surface area contributed by atoms with Crippen molar-refractivity contribution in [2.24, 2.45) is 0 Å². The van der Waals surface area contributed by atoms with Gasteiger partial charge in [-0.3, -0.25) is 4.79 Å². The predicted octanol–water partition coefficient (Wildman–Crippen LogP) is -0.251. The monoisotopic (exact) mass is 420 g/mol. The van der Waals surface area contributed by atoms with Crippen LogP contribution >= 0.6 is 0 Å². The third kappa shape index (κ3) is 4.97. The topological polar surface area (TPSA) is 146 Å². The van der Waals surface area contributed by atoms with Gasteiger partial charge in [-0.2, -0.15) is 19.6 Å². The van der Waals surface area contributed by atoms with E-state index < -0.39 is 11.9 Å². The van der Waals surface area contributed by atoms with Crippen LogP contribution < -0.4 is 10.2 Å². The summed E-state index contributed by atoms with van der Waals surface area (Å²) >= 11 is 0. The molecule has 1 aliphatic rings. The van der Waals surface area contributed by atoms with Crippen molar-refractivity contribution >= 4 is 23.8 Å². The normalized spacial score (nSPS) is 13.8. The number of hydrogen-bond acceptors (Lipinski definition) is 12. The Balaban J connectivity index is 1.93. The molecule has 0 saturated carbocycles. The molecule has 13 nitrogen and oxygen atoms in total. The summed E-state index contributed by atoms with van der Waals surface area (Å²) in [6.45, 7) is 7.78. The lowest BCUT2D eigenvalue weighted by molar-refractivity contribution is -0.140. The second kappa shape index (κ2) is 9.91. The molecular weight excluding hydrogens is 396 g/mol. The fourth-order valence-corrected chi connectivity index (χ4v) is 2.70. The first-order valence-corrected chi connectivity index (χ1v) is 9.61. The largest absolute Gasteiger partial charge is 0.465 e. The van der Waals surface area contributed by atoms with E-state index in [1.54, 1.807) is 20.8 Å². The summed E-state index contributed by atoms with van der Waals surface area (Å²) in [5.74, 6) is -0.305. The summed E-state index contributed by atoms with van der Waals surface area (Å²) in [6.07, 6.45) is 0. The molecule has 0 spiro atoms. The van der Waals surface area contributed by atoms with E-state index in [1.807, 2.05) is 4.90 Å². The predicted molar refractivity (Wildman–Crippen MR) is 104 cm³/mol. The van der Waals surface area contributed by atoms with Gasteiger partial charge in [-0.15, -0.1) is 5.10 Å². The SMILES string of the molecule is CCOC(=O)CNc1nc(N2CCOCC2)nc(-n2nnc(C(=O)OCC)c2C)n1. The molecule has 0 amide bonds. The van der Waals surface area contributed by atoms with Crippen molar-refractivity contribution in [3.63, 3.8) is 0 Å². The molecule has 162 valence electrons. The Morgan fingerprint density at radius 2 is 1.77 bits per heavy atom. The number of carbonyl (C=O) groups excluding carboxylic acids is 2. The molecule has 1 saturated heterocycles. The van der Waals surface area contributed by atoms with Crippen molar-refractivity contribution in [2.75, 3.05) is 56.3 Å². The van der Waals surface area contributed by atoms with E-state index in [-0.39, 0.29) is 37.3 Å². The summed E-state index contributed by atoms with van der Waals surface area (Å²) in [7, 11) is 0. The van der Waals surface area contributed by atoms with Crippen molar-refractivity contribution in [3.8, 4) is 5.95 Å². The summed E-state index contributed by atoms with van der Waals surface area (Å²) in [5, 5.41) is 10.7. The number of anilines is 2. The van der Waals surface area contributed by atoms with Crippen LogP contribution in [0.25, 0.3) is 5.95 Å². The fraction of sp³-hybridized carbons (Fsp3) is 0.588. The van der Waals surface area contributed by atoms with Crippen LogP contribution in [0, 0.1) is 6.92 Å². The summed E-state index contributed by atoms with van der Waals surface area (Å²) < 4.78 is 16.6. The third-order valence-corrected chi connectivity index (χ3v) is 4.15. The Kier molecular flexibility index (Phi) is 7.06. The number of hydrogen-bond donors (Lipinski definition) is 1. The molecule has 0 unspecified atom stereocenters. The zero-order valence-corrected chi connectivity index (χ0v) is 17.1. The Bertz CT molecular complexity index is 896. The molecule has 30 heavy (non-hydrogen) atoms. The average molecular weight is 420 g/mol. The molecule has 3 rings (SSSR count). The van der Waals surface area contributed by atoms with Crippen LogP contribution in [0.15, 0.2) is 0 Å². The average Bonchev–Trinajstić information content (AvgIpc) is 3.14. The zero-order chi connectivity index (χ0) is 21.5. The first-order chi connectivity index (χ1) is 14.5. The number of esters is 2. The van der Waals surface area contributed by atoms with E-state index in [9.17, 15) is 9.59 Å². The lowest BCUT2D eigenvalue weighted by Gasteiger charge is -2.27. The maximum absolute atomic E-state index is 12.1. The van der Waals surface area contributed by atoms with Crippen molar-refractivity contribution in [1.29, 1.82) is 0 Å². The highest BCUT2D eigenvalue weighted by Gasteiger charge is 2.22. The van der Waals surface area contributed by atoms with Crippen LogP contribution in [0.1, 0.15) is 30.0 Å². The van der Waals surface area contributed by atoms with Gasteiger partial charge in [0.05, 0.1) is 32.1 Å². The molecule has 0 aliphatic carbocycles. The molecule has 1 N–H and O–H groups in total. The Labute approximate surface area is 172 Å². The number of aromatic nitrogens is 6. The van der Waals surface area contributed by atoms with Crippen molar-refractivity contribution in [1.82, 2.24) is 29.9 Å². The minimum absolute atomic E-state index is 0.0752. The van der Waals surface area contributed by atoms with Gasteiger partial charge in [-0.1, -0.05) is 5.21 Å². The fourth-order valence-electron chi connectivity index (χ4n) is 2.70. The van der Waals surface area contributed by atoms with Crippen LogP contribution in [0.4, 0.5) is 11.9 Å². The van der Waals surface area contributed by atoms with E-state index in [0.29, 0.717) is 37.9 Å². The minimum atomic E-state index is -0.579. The van der Waals surface area contributed by atoms with Crippen molar-refractivity contribution in [2.45, 2.75) is 20.8 Å². The number of ether oxygens (including phenoxy) is 3. The second-order valence-corrected chi connectivity index (χ2v) is 6.17. The van der Waals surface area contributed by atoms with E-state index in [0.717, 1.165) is 0 Å². The van der Waals surface area contributed by atoms with E-state index in [1.165, 1.54) is 4.68 Å². The highest BCUT2D eigenvalue weighted by molar-refractivity contribution is 5.88. The van der Waals surface area contributed by atoms with Gasteiger partial charge in [0.1, 0.15) is 6.54 Å². The molecular formula is C17H24N8O5. The van der Waals surface area contributed by atoms with Gasteiger partial charge >= 0.3 is 11.9 Å². The van der Waals surface area contributed by atoms with Crippen LogP contribution in [0.3, 0.4) is 0 Å². The minimum Gasteiger partial charge on any atom is -0.465 e. The van der Waals surface area contributed by atoms with Gasteiger partial charge in [0, 0.05) is 13.1 Å². The molecule has 0 aromatic carbocycles. The Morgan fingerprint density at radius 3 is 2.47 bits per heavy atom. The highest BCUT2D eigenvalue weighted by Crippen LogP contribution is 2.17. The molecule has 0 atom stereocenters. The van der Waals surface area contributed by atoms with Crippen LogP contribution in [0.5, 0.6) is 0 Å². The standard InChI is InChI=1S/C17H24N8O5/c1-4-29-12(26)10-18-15-19-16(24-6-8-28-9-7-24)21-17(20-15)25-11(3)13(22-23-25)14(27)30-5-2/h4-10H2,1-3H3,(H,18,19,20,21). The number of morpholine rings is 1. The summed E-state index contributed by atoms with van der Waals surface area (Å²) in [6, 6.07) is 0. The van der Waals surface area contributed by atoms with E-state index in [2.05, 4.69) is 30.6 Å². The lowest BCUT2D eigenvalue weighted by atomic mass is 10.3. The van der Waals surface area contributed by atoms with Gasteiger partial charge in [-0.05, 0) is 20.8 Å². The summed E-state index contributed by atoms with van der Waals surface area (Å²) in [4.78, 5) is 38.9. The third-order valence-electron chi connectivity index (χ3n) is 4.15. The van der Waals surface area contributed by atoms with Gasteiger partial charge < -0.3 is 24.4 Å². The first-order valence-electron chi connectivity index (χ1n) is 9.61. The second-order valence-electron chi connectivity index (χ2n) is 6.17. The Hall–Kier alpha value is -3.35. The van der Waals surface area contributed by atoms with Crippen molar-refractivity contribution in [3.05, 3.63) is 11.4 Å². The van der Waals surface area contributed by atoms with Gasteiger partial charge in [0.15, 0.2) is 5.69 Å². The molecule has 2 aromatic heterocycles.